The summed E-state index contributed by atoms with van der Waals surface area (Å²) in [6.45, 7) is 20.2. The first-order valence-corrected chi connectivity index (χ1v) is 15.7. The molecule has 0 aliphatic carbocycles. The molecule has 5 heterocycles. The van der Waals surface area contributed by atoms with Crippen LogP contribution in [0.25, 0.3) is 20.4 Å². The molecule has 3 aromatic heterocycles. The van der Waals surface area contributed by atoms with E-state index in [4.69, 9.17) is 18.6 Å². The minimum atomic E-state index is -0.345. The molecule has 0 bridgehead atoms. The van der Waals surface area contributed by atoms with Crippen molar-refractivity contribution in [3.05, 3.63) is 12.1 Å². The molecule has 0 unspecified atom stereocenters. The van der Waals surface area contributed by atoms with Gasteiger partial charge in [-0.05, 0) is 73.9 Å². The van der Waals surface area contributed by atoms with Gasteiger partial charge in [-0.25, -0.2) is 0 Å². The minimum absolute atomic E-state index is 0.331. The van der Waals surface area contributed by atoms with Gasteiger partial charge in [0.05, 0.1) is 42.8 Å². The highest BCUT2D eigenvalue weighted by Crippen LogP contribution is 2.42. The molecule has 5 nitrogen and oxygen atoms in total. The van der Waals surface area contributed by atoms with Crippen molar-refractivity contribution in [3.8, 4) is 0 Å². The summed E-state index contributed by atoms with van der Waals surface area (Å²) in [7, 11) is -0.662. The fourth-order valence-corrected chi connectivity index (χ4v) is 7.49. The van der Waals surface area contributed by atoms with Gasteiger partial charge in [0.15, 0.2) is 0 Å². The van der Waals surface area contributed by atoms with Crippen molar-refractivity contribution in [2.75, 3.05) is 0 Å². The molecular weight excluding hydrogens is 500 g/mol. The summed E-state index contributed by atoms with van der Waals surface area (Å²) in [5.41, 5.74) is 1.21. The molecule has 2 aliphatic rings. The van der Waals surface area contributed by atoms with Crippen LogP contribution < -0.4 is 9.55 Å². The van der Waals surface area contributed by atoms with Gasteiger partial charge in [0.2, 0.25) is 0 Å². The van der Waals surface area contributed by atoms with E-state index in [2.05, 4.69) is 79.0 Å². The highest BCUT2D eigenvalue weighted by molar-refractivity contribution is 7.35. The maximum Gasteiger partial charge on any atom is 0.505 e. The summed E-state index contributed by atoms with van der Waals surface area (Å²) in [5.74, 6) is 0. The summed E-state index contributed by atoms with van der Waals surface area (Å²) >= 11 is 3.62. The fraction of sp³-hybridized carbons (Fsp3) is 0.714. The number of rotatable bonds is 9. The summed E-state index contributed by atoms with van der Waals surface area (Å²) in [5, 5.41) is 0. The lowest BCUT2D eigenvalue weighted by Gasteiger charge is -2.32. The van der Waals surface area contributed by atoms with Gasteiger partial charge in [0.25, 0.3) is 0 Å². The molecular formula is C28H43B2NO4S2. The van der Waals surface area contributed by atoms with Crippen molar-refractivity contribution in [3.63, 3.8) is 0 Å². The number of unbranched alkanes of at least 4 members (excludes halogenated alkanes) is 5. The van der Waals surface area contributed by atoms with Crippen molar-refractivity contribution < 1.29 is 18.6 Å². The van der Waals surface area contributed by atoms with Gasteiger partial charge in [-0.2, -0.15) is 0 Å². The number of fused-ring (bicyclic) bond motifs is 3. The second-order valence-corrected chi connectivity index (χ2v) is 15.0. The zero-order valence-corrected chi connectivity index (χ0v) is 25.8. The third kappa shape index (κ3) is 4.87. The van der Waals surface area contributed by atoms with Crippen LogP contribution in [0.2, 0.25) is 0 Å². The number of nitrogens with zero attached hydrogens (tertiary/aromatic N) is 1. The van der Waals surface area contributed by atoms with E-state index in [-0.39, 0.29) is 36.6 Å². The number of thiophene rings is 2. The molecule has 2 fully saturated rings. The topological polar surface area (TPSA) is 41.9 Å². The molecule has 0 saturated carbocycles. The average molecular weight is 543 g/mol. The lowest BCUT2D eigenvalue weighted by molar-refractivity contribution is 0.00578. The largest absolute Gasteiger partial charge is 0.505 e. The lowest BCUT2D eigenvalue weighted by Crippen LogP contribution is -2.41. The van der Waals surface area contributed by atoms with E-state index in [1.807, 2.05) is 22.7 Å². The molecule has 9 heteroatoms. The van der Waals surface area contributed by atoms with Crippen LogP contribution in [-0.2, 0) is 25.2 Å². The molecule has 37 heavy (non-hydrogen) atoms. The van der Waals surface area contributed by atoms with Crippen LogP contribution in [0.15, 0.2) is 12.1 Å². The first-order valence-electron chi connectivity index (χ1n) is 14.0. The van der Waals surface area contributed by atoms with Gasteiger partial charge in [-0.15, -0.1) is 22.7 Å². The van der Waals surface area contributed by atoms with Crippen molar-refractivity contribution in [1.82, 2.24) is 4.57 Å². The normalized spacial score (nSPS) is 22.2. The number of aromatic nitrogens is 1. The standard InChI is InChI=1S/C28H43B2NO4S2/c1-10-11-12-13-14-15-16-31-19-17-21(29-32-25(2,3)26(4,5)33-29)36-23(19)24-20(31)18-22(37-24)30-34-27(6,7)28(8,9)35-30/h17-18H,10-16H2,1-9H3. The zero-order chi connectivity index (χ0) is 26.8. The smallest absolute Gasteiger partial charge is 0.399 e. The Morgan fingerprint density at radius 1 is 0.622 bits per heavy atom. The molecule has 0 amide bonds. The van der Waals surface area contributed by atoms with E-state index in [1.54, 1.807) is 0 Å². The van der Waals surface area contributed by atoms with Crippen LogP contribution in [0.4, 0.5) is 0 Å². The number of hydrogen-bond acceptors (Lipinski definition) is 6. The Labute approximate surface area is 231 Å². The Hall–Kier alpha value is -0.830. The van der Waals surface area contributed by atoms with Gasteiger partial charge in [-0.3, -0.25) is 0 Å². The summed E-state index contributed by atoms with van der Waals surface area (Å²) in [4.78, 5) is 0. The first kappa shape index (κ1) is 27.7. The van der Waals surface area contributed by atoms with Crippen LogP contribution in [0, 0.1) is 0 Å². The van der Waals surface area contributed by atoms with Crippen LogP contribution in [0.3, 0.4) is 0 Å². The van der Waals surface area contributed by atoms with E-state index in [0.29, 0.717) is 0 Å². The van der Waals surface area contributed by atoms with Gasteiger partial charge in [-0.1, -0.05) is 39.0 Å². The van der Waals surface area contributed by atoms with Crippen LogP contribution in [0.1, 0.15) is 101 Å². The van der Waals surface area contributed by atoms with Gasteiger partial charge >= 0.3 is 14.2 Å². The molecule has 0 N–H and O–H groups in total. The number of aryl methyl sites for hydroxylation is 1. The van der Waals surface area contributed by atoms with Gasteiger partial charge in [0.1, 0.15) is 0 Å². The highest BCUT2D eigenvalue weighted by atomic mass is 32.1. The fourth-order valence-electron chi connectivity index (χ4n) is 5.10. The zero-order valence-electron chi connectivity index (χ0n) is 24.2. The Balaban J connectivity index is 1.49. The maximum absolute atomic E-state index is 6.41. The average Bonchev–Trinajstić information content (AvgIpc) is 3.53. The maximum atomic E-state index is 6.41. The van der Waals surface area contributed by atoms with Crippen molar-refractivity contribution in [1.29, 1.82) is 0 Å². The minimum Gasteiger partial charge on any atom is -0.399 e. The Bertz CT molecular complexity index is 1150. The summed E-state index contributed by atoms with van der Waals surface area (Å²) < 4.78 is 33.1. The summed E-state index contributed by atoms with van der Waals surface area (Å²) in [6, 6.07) is 4.61. The second-order valence-electron chi connectivity index (χ2n) is 12.8. The van der Waals surface area contributed by atoms with E-state index in [9.17, 15) is 0 Å². The monoisotopic (exact) mass is 543 g/mol. The predicted octanol–water partition coefficient (Wildman–Crippen LogP) is 6.88. The van der Waals surface area contributed by atoms with Crippen molar-refractivity contribution >= 4 is 66.9 Å². The van der Waals surface area contributed by atoms with E-state index in [0.717, 1.165) is 16.1 Å². The Morgan fingerprint density at radius 2 is 1.00 bits per heavy atom. The molecule has 202 valence electrons. The van der Waals surface area contributed by atoms with Crippen LogP contribution in [0.5, 0.6) is 0 Å². The molecule has 3 aromatic rings. The van der Waals surface area contributed by atoms with Crippen molar-refractivity contribution in [2.24, 2.45) is 0 Å². The third-order valence-electron chi connectivity index (χ3n) is 8.96. The Morgan fingerprint density at radius 3 is 1.41 bits per heavy atom. The van der Waals surface area contributed by atoms with Crippen LogP contribution >= 0.6 is 22.7 Å². The molecule has 0 radical (unpaired) electrons. The quantitative estimate of drug-likeness (QED) is 0.218. The lowest BCUT2D eigenvalue weighted by atomic mass is 9.88. The van der Waals surface area contributed by atoms with E-state index in [1.165, 1.54) is 59.0 Å². The predicted molar refractivity (Wildman–Crippen MR) is 160 cm³/mol. The van der Waals surface area contributed by atoms with E-state index < -0.39 is 0 Å². The second kappa shape index (κ2) is 9.67. The van der Waals surface area contributed by atoms with Gasteiger partial charge < -0.3 is 23.2 Å². The molecule has 0 atom stereocenters. The van der Waals surface area contributed by atoms with E-state index >= 15 is 0 Å². The number of hydrogen-bond donors (Lipinski definition) is 0. The molecule has 0 spiro atoms. The van der Waals surface area contributed by atoms with Crippen molar-refractivity contribution in [2.45, 2.75) is 130 Å². The molecule has 5 rings (SSSR count). The first-order chi connectivity index (χ1) is 17.3. The SMILES string of the molecule is CCCCCCCCn1c2cc(B3OC(C)(C)C(C)(C)O3)sc2c2sc(B3OC(C)(C)C(C)(C)O3)cc21. The van der Waals surface area contributed by atoms with Gasteiger partial charge in [0, 0.05) is 16.1 Å². The molecule has 2 saturated heterocycles. The third-order valence-corrected chi connectivity index (χ3v) is 11.4. The summed E-state index contributed by atoms with van der Waals surface area (Å²) in [6.07, 6.45) is 7.72. The highest BCUT2D eigenvalue weighted by Gasteiger charge is 2.53. The Kier molecular flexibility index (Phi) is 7.25. The van der Waals surface area contributed by atoms with Crippen LogP contribution in [-0.4, -0.2) is 41.2 Å². The molecule has 0 aromatic carbocycles. The molecule has 2 aliphatic heterocycles.